The van der Waals surface area contributed by atoms with Gasteiger partial charge < -0.3 is 66.1 Å². The zero-order valence-electron chi connectivity index (χ0n) is 50.0. The van der Waals surface area contributed by atoms with E-state index >= 15 is 0 Å². The summed E-state index contributed by atoms with van der Waals surface area (Å²) in [6, 6.07) is 23.4. The quantitative estimate of drug-likeness (QED) is 0.0274. The Balaban J connectivity index is 0.0000102. The molecule has 27 heteroatoms. The van der Waals surface area contributed by atoms with Gasteiger partial charge in [-0.25, -0.2) is 32.6 Å². The van der Waals surface area contributed by atoms with Crippen molar-refractivity contribution in [1.29, 1.82) is 0 Å². The zero-order chi connectivity index (χ0) is 63.0. The van der Waals surface area contributed by atoms with Crippen molar-refractivity contribution >= 4 is 103 Å². The number of nitrogens with zero attached hydrogens (tertiary/aromatic N) is 3. The van der Waals surface area contributed by atoms with Gasteiger partial charge in [-0.2, -0.15) is 0 Å². The monoisotopic (exact) mass is 1260 g/mol. The molecule has 0 spiro atoms. The zero-order valence-corrected chi connectivity index (χ0v) is 53.7. The summed E-state index contributed by atoms with van der Waals surface area (Å²) in [5.74, 6) is -4.83. The van der Waals surface area contributed by atoms with E-state index in [2.05, 4.69) is 41.9 Å². The summed E-state index contributed by atoms with van der Waals surface area (Å²) in [6.07, 6.45) is 1.63. The van der Waals surface area contributed by atoms with Crippen LogP contribution < -0.4 is 82.2 Å². The number of para-hydroxylation sites is 1. The van der Waals surface area contributed by atoms with Crippen LogP contribution in [-0.2, 0) is 62.2 Å². The SMILES string of the molecule is CCCNC(=O)Nc1cccc(S(=O)(=O)Nc2cccc(C(CC(=O)[O-])NC(=O)Nc3ccc(NC(=S)N[C@@H](CCC)C(=O)N4CCC[C@H]4C(=O)N[C@H](C(=O)O[C@]4(CC)C(=O)OCc5c4cc4n(c5=O)Cc5cc6ccccc6nc5-4)C(C)C)cc3)c2)c1.[Na+]. The van der Waals surface area contributed by atoms with E-state index in [9.17, 15) is 51.9 Å². The first-order valence-electron chi connectivity index (χ1n) is 29.0. The Morgan fingerprint density at radius 1 is 0.820 bits per heavy atom. The van der Waals surface area contributed by atoms with Crippen LogP contribution in [0, 0.1) is 5.92 Å². The Kier molecular flexibility index (Phi) is 21.5. The van der Waals surface area contributed by atoms with Gasteiger partial charge in [-0.05, 0) is 129 Å². The summed E-state index contributed by atoms with van der Waals surface area (Å²) >= 11 is 5.66. The van der Waals surface area contributed by atoms with Gasteiger partial charge in [0, 0.05) is 64.7 Å². The number of aromatic nitrogens is 2. The average molecular weight is 1260 g/mol. The van der Waals surface area contributed by atoms with Gasteiger partial charge in [0.25, 0.3) is 15.6 Å². The molecule has 0 aliphatic carbocycles. The molecule has 2 aromatic heterocycles. The fraction of sp³-hybridized carbons (Fsp3) is 0.355. The number of carboxylic acids is 1. The summed E-state index contributed by atoms with van der Waals surface area (Å²) in [6.45, 7) is 9.44. The second-order valence-corrected chi connectivity index (χ2v) is 24.1. The third kappa shape index (κ3) is 15.2. The number of rotatable bonds is 22. The van der Waals surface area contributed by atoms with Crippen LogP contribution in [0.25, 0.3) is 22.3 Å². The maximum absolute atomic E-state index is 14.4. The van der Waals surface area contributed by atoms with E-state index in [1.54, 1.807) is 55.7 Å². The van der Waals surface area contributed by atoms with Crippen LogP contribution in [-0.4, -0.2) is 101 Å². The number of likely N-dealkylation sites (tertiary alicyclic amines) is 1. The number of fused-ring (bicyclic) bond motifs is 5. The molecule has 3 aliphatic rings. The first-order chi connectivity index (χ1) is 42.1. The molecule has 6 aromatic rings. The number of hydrogen-bond donors (Lipinski definition) is 8. The van der Waals surface area contributed by atoms with Crippen molar-refractivity contribution in [3.63, 3.8) is 0 Å². The number of aliphatic carboxylic acids is 1. The second kappa shape index (κ2) is 28.8. The number of nitrogens with one attached hydrogen (secondary N) is 8. The predicted octanol–water partition coefficient (Wildman–Crippen LogP) is 3.26. The second-order valence-electron chi connectivity index (χ2n) is 22.0. The van der Waals surface area contributed by atoms with Gasteiger partial charge >= 0.3 is 53.6 Å². The van der Waals surface area contributed by atoms with Gasteiger partial charge in [-0.1, -0.05) is 77.4 Å². The molecule has 0 radical (unpaired) electrons. The fourth-order valence-corrected chi connectivity index (χ4v) is 12.4. The van der Waals surface area contributed by atoms with Crippen LogP contribution in [0.5, 0.6) is 0 Å². The Morgan fingerprint density at radius 2 is 1.53 bits per heavy atom. The van der Waals surface area contributed by atoms with E-state index in [1.165, 1.54) is 53.4 Å². The molecule has 1 saturated heterocycles. The molecular formula is C62H68N11NaO13S2. The first kappa shape index (κ1) is 66.5. The van der Waals surface area contributed by atoms with Crippen molar-refractivity contribution in [3.8, 4) is 11.4 Å². The summed E-state index contributed by atoms with van der Waals surface area (Å²) in [5.41, 5.74) is 1.83. The number of sulfonamides is 1. The van der Waals surface area contributed by atoms with Crippen molar-refractivity contribution in [2.24, 2.45) is 5.92 Å². The molecule has 0 bridgehead atoms. The number of amides is 6. The van der Waals surface area contributed by atoms with Crippen molar-refractivity contribution in [3.05, 3.63) is 142 Å². The van der Waals surface area contributed by atoms with E-state index in [1.807, 2.05) is 44.2 Å². The number of cyclic esters (lactones) is 1. The molecule has 1 fully saturated rings. The fourth-order valence-electron chi connectivity index (χ4n) is 11.0. The predicted molar refractivity (Wildman–Crippen MR) is 330 cm³/mol. The molecule has 5 heterocycles. The Bertz CT molecular complexity index is 3910. The van der Waals surface area contributed by atoms with Gasteiger partial charge in [0.15, 0.2) is 5.11 Å². The van der Waals surface area contributed by atoms with Crippen LogP contribution in [0.1, 0.15) is 108 Å². The van der Waals surface area contributed by atoms with Gasteiger partial charge in [-0.3, -0.25) is 19.1 Å². The minimum atomic E-state index is -4.21. The molecule has 89 heavy (non-hydrogen) atoms. The molecular weight excluding hydrogens is 1190 g/mol. The van der Waals surface area contributed by atoms with E-state index in [0.717, 1.165) is 16.5 Å². The number of hydrogen-bond acceptors (Lipinski definition) is 15. The summed E-state index contributed by atoms with van der Waals surface area (Å²) in [7, 11) is -4.21. The molecule has 4 aromatic carbocycles. The Labute approximate surface area is 541 Å². The number of anilines is 4. The first-order valence-corrected chi connectivity index (χ1v) is 30.9. The Morgan fingerprint density at radius 3 is 2.24 bits per heavy atom. The van der Waals surface area contributed by atoms with E-state index in [4.69, 9.17) is 26.7 Å². The Hall–Kier alpha value is -8.43. The van der Waals surface area contributed by atoms with Gasteiger partial charge in [0.1, 0.15) is 24.7 Å². The minimum absolute atomic E-state index is 0. The standard InChI is InChI=1S/C62H69N11O13S2.Na/c1-6-14-47(69-61(87)66-40-24-22-39(23-25-40)64-60(82)68-48(32-51(74)75)37-16-11-18-42(29-37)71-88(83,84)43-19-12-17-41(30-43)65-59(81)63-26-7-2)56(78)72-27-13-21-49(72)54(76)70-52(35(4)5)57(79)86-62(8-3)45-31-50-53-38(28-36-15-9-10-20-46(36)67-53)33-73(50)55(77)44(45)34-85-58(62)80;/h9-12,15-20,22-25,28-31,35,47-49,52,71H,6-8,13-14,21,26-27,32-34H2,1-5H3,(H,70,76)(H,74,75)(H2,63,65,81)(H2,64,68,82)(H2,66,69,87);/q;+1/p-1/t47-,48?,49-,52-,62-;/m0./s1. The minimum Gasteiger partial charge on any atom is -0.550 e. The van der Waals surface area contributed by atoms with E-state index < -0.39 is 99.5 Å². The molecule has 3 aliphatic heterocycles. The number of carbonyl (C=O) groups is 7. The maximum atomic E-state index is 14.4. The van der Waals surface area contributed by atoms with Crippen molar-refractivity contribution in [2.45, 2.75) is 127 Å². The smallest absolute Gasteiger partial charge is 0.550 e. The van der Waals surface area contributed by atoms with Gasteiger partial charge in [0.2, 0.25) is 17.4 Å². The molecule has 0 saturated carbocycles. The topological polar surface area (TPSA) is 330 Å². The van der Waals surface area contributed by atoms with Crippen LogP contribution in [0.3, 0.4) is 0 Å². The van der Waals surface area contributed by atoms with Gasteiger partial charge in [0.05, 0.1) is 40.0 Å². The van der Waals surface area contributed by atoms with Crippen LogP contribution >= 0.6 is 12.2 Å². The average Bonchev–Trinajstić information content (AvgIpc) is 1.72. The number of thiocarbonyl (C=S) groups is 1. The number of carboxylic acid groups (broad SMARTS) is 1. The molecule has 6 amide bonds. The van der Waals surface area contributed by atoms with Gasteiger partial charge in [-0.15, -0.1) is 0 Å². The van der Waals surface area contributed by atoms with Crippen LogP contribution in [0.4, 0.5) is 32.3 Å². The number of pyridine rings is 2. The third-order valence-electron chi connectivity index (χ3n) is 15.5. The van der Waals surface area contributed by atoms with Crippen LogP contribution in [0.2, 0.25) is 0 Å². The largest absolute Gasteiger partial charge is 1.00 e. The summed E-state index contributed by atoms with van der Waals surface area (Å²) < 4.78 is 42.6. The molecule has 462 valence electrons. The van der Waals surface area contributed by atoms with E-state index in [-0.39, 0.29) is 93.7 Å². The number of esters is 2. The molecule has 9 rings (SSSR count). The number of benzene rings is 4. The molecule has 8 N–H and O–H groups in total. The summed E-state index contributed by atoms with van der Waals surface area (Å²) in [4.78, 5) is 115. The van der Waals surface area contributed by atoms with Crippen molar-refractivity contribution in [2.75, 3.05) is 33.8 Å². The summed E-state index contributed by atoms with van der Waals surface area (Å²) in [5, 5.41) is 32.3. The maximum Gasteiger partial charge on any atom is 1.00 e. The molecule has 5 atom stereocenters. The third-order valence-corrected chi connectivity index (χ3v) is 17.1. The van der Waals surface area contributed by atoms with Crippen molar-refractivity contribution in [1.82, 2.24) is 35.7 Å². The molecule has 1 unspecified atom stereocenters. The molecule has 24 nitrogen and oxygen atoms in total. The van der Waals surface area contributed by atoms with Crippen molar-refractivity contribution < 1.29 is 86.1 Å². The number of ether oxygens (including phenoxy) is 2. The number of urea groups is 2. The number of carbonyl (C=O) groups excluding carboxylic acids is 7. The van der Waals surface area contributed by atoms with E-state index in [0.29, 0.717) is 61.4 Å². The van der Waals surface area contributed by atoms with Crippen LogP contribution in [0.15, 0.2) is 119 Å². The normalized spacial score (nSPS) is 16.6.